The van der Waals surface area contributed by atoms with E-state index in [1.54, 1.807) is 6.92 Å². The minimum Gasteiger partial charge on any atom is -0.349 e. The van der Waals surface area contributed by atoms with Crippen LogP contribution in [0.2, 0.25) is 0 Å². The minimum atomic E-state index is -4.75. The maximum Gasteiger partial charge on any atom is 0.469 e. The number of hydrogen-bond donors (Lipinski definition) is 3. The van der Waals surface area contributed by atoms with Crippen LogP contribution in [0.3, 0.4) is 0 Å². The molecule has 2 aromatic carbocycles. The standard InChI is InChI=1S/C22H25N2O9P/c1-14-12-24(22(26)23-21(14)25)20-11-18(19(32-20)13-31-34(27,28)29)33-30-10-9-16-7-4-6-15-5-2-3-8-17(15)16/h2-8,12,18-20H,9-11,13H2,1H3,(H,23,25,26)(H2,27,28,29)/t18-,19+,20+/m0/s1. The van der Waals surface area contributed by atoms with Gasteiger partial charge in [0.25, 0.3) is 5.56 Å². The molecule has 0 aliphatic carbocycles. The second-order valence-corrected chi connectivity index (χ2v) is 9.21. The van der Waals surface area contributed by atoms with Crippen LogP contribution in [0.25, 0.3) is 10.8 Å². The van der Waals surface area contributed by atoms with Gasteiger partial charge in [-0.05, 0) is 29.7 Å². The second-order valence-electron chi connectivity index (χ2n) is 7.97. The Kier molecular flexibility index (Phi) is 7.44. The lowest BCUT2D eigenvalue weighted by atomic mass is 10.0. The van der Waals surface area contributed by atoms with Gasteiger partial charge < -0.3 is 14.5 Å². The highest BCUT2D eigenvalue weighted by Crippen LogP contribution is 2.38. The molecule has 1 aliphatic heterocycles. The maximum absolute atomic E-state index is 12.2. The van der Waals surface area contributed by atoms with Gasteiger partial charge in [0, 0.05) is 18.2 Å². The Bertz CT molecular complexity index is 1310. The number of ether oxygens (including phenoxy) is 1. The maximum atomic E-state index is 12.2. The summed E-state index contributed by atoms with van der Waals surface area (Å²) in [7, 11) is -4.75. The summed E-state index contributed by atoms with van der Waals surface area (Å²) in [6.07, 6.45) is -0.482. The molecule has 0 spiro atoms. The van der Waals surface area contributed by atoms with E-state index < -0.39 is 44.1 Å². The lowest BCUT2D eigenvalue weighted by molar-refractivity contribution is -0.330. The quantitative estimate of drug-likeness (QED) is 0.176. The molecule has 1 fully saturated rings. The van der Waals surface area contributed by atoms with Crippen LogP contribution in [0.4, 0.5) is 0 Å². The molecule has 0 amide bonds. The Morgan fingerprint density at radius 2 is 1.94 bits per heavy atom. The number of H-pyrrole nitrogens is 1. The number of phosphoric acid groups is 1. The van der Waals surface area contributed by atoms with Crippen molar-refractivity contribution in [3.05, 3.63) is 80.6 Å². The Morgan fingerprint density at radius 3 is 2.74 bits per heavy atom. The summed E-state index contributed by atoms with van der Waals surface area (Å²) in [6.45, 7) is 1.29. The highest BCUT2D eigenvalue weighted by Gasteiger charge is 2.40. The van der Waals surface area contributed by atoms with Crippen LogP contribution in [-0.2, 0) is 30.0 Å². The summed E-state index contributed by atoms with van der Waals surface area (Å²) in [4.78, 5) is 55.1. The third-order valence-electron chi connectivity index (χ3n) is 5.57. The first-order valence-corrected chi connectivity index (χ1v) is 12.2. The van der Waals surface area contributed by atoms with Crippen LogP contribution < -0.4 is 11.2 Å². The van der Waals surface area contributed by atoms with E-state index in [1.807, 2.05) is 42.5 Å². The molecule has 34 heavy (non-hydrogen) atoms. The molecule has 3 N–H and O–H groups in total. The van der Waals surface area contributed by atoms with Crippen molar-refractivity contribution < 1.29 is 33.4 Å². The molecule has 182 valence electrons. The number of rotatable bonds is 9. The number of hydrogen-bond acceptors (Lipinski definition) is 7. The summed E-state index contributed by atoms with van der Waals surface area (Å²) < 4.78 is 22.7. The van der Waals surface area contributed by atoms with Gasteiger partial charge in [-0.15, -0.1) is 0 Å². The van der Waals surface area contributed by atoms with Gasteiger partial charge in [-0.1, -0.05) is 42.5 Å². The number of aromatic nitrogens is 2. The molecule has 4 rings (SSSR count). The fraction of sp³-hybridized carbons (Fsp3) is 0.364. The second kappa shape index (κ2) is 10.3. The first-order valence-electron chi connectivity index (χ1n) is 10.6. The molecule has 0 radical (unpaired) electrons. The predicted octanol–water partition coefficient (Wildman–Crippen LogP) is 1.95. The van der Waals surface area contributed by atoms with E-state index in [0.29, 0.717) is 12.0 Å². The zero-order chi connectivity index (χ0) is 24.3. The summed E-state index contributed by atoms with van der Waals surface area (Å²) in [5.74, 6) is 0. The molecule has 2 heterocycles. The zero-order valence-corrected chi connectivity index (χ0v) is 19.2. The topological polar surface area (TPSA) is 149 Å². The van der Waals surface area contributed by atoms with Crippen molar-refractivity contribution >= 4 is 18.6 Å². The number of aryl methyl sites for hydroxylation is 1. The van der Waals surface area contributed by atoms with Crippen LogP contribution >= 0.6 is 7.82 Å². The largest absolute Gasteiger partial charge is 0.469 e. The molecule has 3 aromatic rings. The number of aromatic amines is 1. The van der Waals surface area contributed by atoms with Crippen molar-refractivity contribution in [2.24, 2.45) is 0 Å². The lowest BCUT2D eigenvalue weighted by Crippen LogP contribution is -2.33. The Hall–Kier alpha value is -2.63. The Balaban J connectivity index is 1.42. The molecule has 0 saturated carbocycles. The number of fused-ring (bicyclic) bond motifs is 1. The molecular formula is C22H25N2O9P. The summed E-state index contributed by atoms with van der Waals surface area (Å²) in [5, 5.41) is 2.22. The number of nitrogens with one attached hydrogen (secondary N) is 1. The van der Waals surface area contributed by atoms with Gasteiger partial charge in [0.1, 0.15) is 18.4 Å². The number of nitrogens with zero attached hydrogens (tertiary/aromatic N) is 1. The molecule has 12 heteroatoms. The van der Waals surface area contributed by atoms with Crippen molar-refractivity contribution in [1.29, 1.82) is 0 Å². The molecule has 0 unspecified atom stereocenters. The van der Waals surface area contributed by atoms with E-state index in [4.69, 9.17) is 24.3 Å². The lowest BCUT2D eigenvalue weighted by Gasteiger charge is -2.18. The first-order chi connectivity index (χ1) is 16.2. The third kappa shape index (κ3) is 5.89. The van der Waals surface area contributed by atoms with E-state index in [1.165, 1.54) is 10.8 Å². The molecule has 0 bridgehead atoms. The zero-order valence-electron chi connectivity index (χ0n) is 18.3. The van der Waals surface area contributed by atoms with Crippen LogP contribution in [0.15, 0.2) is 58.3 Å². The highest BCUT2D eigenvalue weighted by molar-refractivity contribution is 7.46. The van der Waals surface area contributed by atoms with Crippen LogP contribution in [0, 0.1) is 6.92 Å². The SMILES string of the molecule is Cc1cn([C@H]2C[C@H](OOCCc3cccc4ccccc34)[C@@H](COP(=O)(O)O)O2)c(=O)[nH]c1=O. The number of benzene rings is 2. The molecular weight excluding hydrogens is 467 g/mol. The van der Waals surface area contributed by atoms with Gasteiger partial charge in [-0.25, -0.2) is 19.1 Å². The third-order valence-corrected chi connectivity index (χ3v) is 6.06. The van der Waals surface area contributed by atoms with Gasteiger partial charge >= 0.3 is 13.5 Å². The Morgan fingerprint density at radius 1 is 1.18 bits per heavy atom. The van der Waals surface area contributed by atoms with Crippen molar-refractivity contribution in [2.45, 2.75) is 38.2 Å². The average molecular weight is 492 g/mol. The molecule has 1 aliphatic rings. The summed E-state index contributed by atoms with van der Waals surface area (Å²) >= 11 is 0. The van der Waals surface area contributed by atoms with E-state index >= 15 is 0 Å². The van der Waals surface area contributed by atoms with Gasteiger partial charge in [0.05, 0.1) is 13.2 Å². The van der Waals surface area contributed by atoms with Crippen LogP contribution in [0.1, 0.15) is 23.8 Å². The molecule has 11 nitrogen and oxygen atoms in total. The van der Waals surface area contributed by atoms with Gasteiger partial charge in [0.2, 0.25) is 0 Å². The van der Waals surface area contributed by atoms with E-state index in [2.05, 4.69) is 9.51 Å². The van der Waals surface area contributed by atoms with Gasteiger partial charge in [0.15, 0.2) is 0 Å². The van der Waals surface area contributed by atoms with Gasteiger partial charge in [-0.3, -0.25) is 18.9 Å². The van der Waals surface area contributed by atoms with Crippen LogP contribution in [-0.4, -0.2) is 44.8 Å². The molecule has 1 aromatic heterocycles. The average Bonchev–Trinajstić information content (AvgIpc) is 3.20. The summed E-state index contributed by atoms with van der Waals surface area (Å²) in [5.41, 5.74) is 0.207. The van der Waals surface area contributed by atoms with E-state index in [0.717, 1.165) is 16.3 Å². The predicted molar refractivity (Wildman–Crippen MR) is 121 cm³/mol. The van der Waals surface area contributed by atoms with Crippen LogP contribution in [0.5, 0.6) is 0 Å². The monoisotopic (exact) mass is 492 g/mol. The molecule has 1 saturated heterocycles. The first kappa shape index (κ1) is 24.5. The van der Waals surface area contributed by atoms with Crippen molar-refractivity contribution in [2.75, 3.05) is 13.2 Å². The fourth-order valence-electron chi connectivity index (χ4n) is 3.89. The van der Waals surface area contributed by atoms with Crippen molar-refractivity contribution in [3.63, 3.8) is 0 Å². The molecule has 3 atom stereocenters. The highest BCUT2D eigenvalue weighted by atomic mass is 31.2. The fourth-order valence-corrected chi connectivity index (χ4v) is 4.23. The van der Waals surface area contributed by atoms with E-state index in [9.17, 15) is 14.2 Å². The normalized spacial score (nSPS) is 20.7. The smallest absolute Gasteiger partial charge is 0.349 e. The summed E-state index contributed by atoms with van der Waals surface area (Å²) in [6, 6.07) is 14.0. The Labute approximate surface area is 194 Å². The van der Waals surface area contributed by atoms with Crippen molar-refractivity contribution in [3.8, 4) is 0 Å². The number of phosphoric ester groups is 1. The van der Waals surface area contributed by atoms with E-state index in [-0.39, 0.29) is 13.0 Å². The minimum absolute atomic E-state index is 0.134. The van der Waals surface area contributed by atoms with Crippen molar-refractivity contribution in [1.82, 2.24) is 9.55 Å². The van der Waals surface area contributed by atoms with Gasteiger partial charge in [-0.2, -0.15) is 0 Å².